The van der Waals surface area contributed by atoms with Gasteiger partial charge in [-0.1, -0.05) is 34.6 Å². The molecule has 2 atom stereocenters. The Hall–Kier alpha value is -2.22. The van der Waals surface area contributed by atoms with E-state index in [4.69, 9.17) is 4.42 Å². The average Bonchev–Trinajstić information content (AvgIpc) is 3.42. The van der Waals surface area contributed by atoms with Gasteiger partial charge >= 0.3 is 0 Å². The van der Waals surface area contributed by atoms with Gasteiger partial charge in [0.05, 0.1) is 18.0 Å². The molecule has 33 heavy (non-hydrogen) atoms. The van der Waals surface area contributed by atoms with E-state index in [-0.39, 0.29) is 46.1 Å². The van der Waals surface area contributed by atoms with Gasteiger partial charge in [-0.25, -0.2) is 12.6 Å². The van der Waals surface area contributed by atoms with Gasteiger partial charge in [0.25, 0.3) is 21.2 Å². The summed E-state index contributed by atoms with van der Waals surface area (Å²) in [5.74, 6) is 0.631. The van der Waals surface area contributed by atoms with Crippen molar-refractivity contribution in [2.75, 3.05) is 18.4 Å². The van der Waals surface area contributed by atoms with Crippen molar-refractivity contribution in [1.82, 2.24) is 9.62 Å². The van der Waals surface area contributed by atoms with Crippen LogP contribution in [0.15, 0.2) is 35.8 Å². The van der Waals surface area contributed by atoms with E-state index in [1.165, 1.54) is 4.31 Å². The molecule has 0 saturated heterocycles. The number of furan rings is 1. The summed E-state index contributed by atoms with van der Waals surface area (Å²) in [6.07, 6.45) is 1.57. The monoisotopic (exact) mass is 515 g/mol. The summed E-state index contributed by atoms with van der Waals surface area (Å²) in [6, 6.07) is 3.30. The highest BCUT2D eigenvalue weighted by molar-refractivity contribution is 7.91. The molecule has 0 radical (unpaired) electrons. The van der Waals surface area contributed by atoms with Crippen LogP contribution in [0.3, 0.4) is 0 Å². The Morgan fingerprint density at radius 2 is 1.88 bits per heavy atom. The van der Waals surface area contributed by atoms with E-state index in [0.29, 0.717) is 10.6 Å². The van der Waals surface area contributed by atoms with E-state index in [9.17, 15) is 17.7 Å². The molecule has 3 rings (SSSR count). The Morgan fingerprint density at radius 3 is 2.42 bits per heavy atom. The number of aromatic hydroxyl groups is 1. The smallest absolute Gasteiger partial charge is 0.269 e. The minimum atomic E-state index is -3.86. The summed E-state index contributed by atoms with van der Waals surface area (Å²) in [6.45, 7) is 11.8. The second-order valence-corrected chi connectivity index (χ2v) is 12.6. The largest absolute Gasteiger partial charge is 0.504 e. The Bertz CT molecular complexity index is 1190. The molecule has 182 valence electrons. The van der Waals surface area contributed by atoms with Crippen LogP contribution >= 0.6 is 11.3 Å². The molecule has 0 amide bonds. The average molecular weight is 516 g/mol. The van der Waals surface area contributed by atoms with E-state index in [2.05, 4.69) is 19.4 Å². The molecule has 1 aliphatic rings. The Balaban J connectivity index is 1.92. The van der Waals surface area contributed by atoms with Crippen molar-refractivity contribution in [3.63, 3.8) is 0 Å². The van der Waals surface area contributed by atoms with E-state index in [1.54, 1.807) is 33.1 Å². The maximum absolute atomic E-state index is 12.9. The molecular formula is C20H29N5O5S3. The van der Waals surface area contributed by atoms with Crippen molar-refractivity contribution in [3.05, 3.63) is 29.0 Å². The third kappa shape index (κ3) is 5.15. The zero-order valence-corrected chi connectivity index (χ0v) is 21.8. The molecule has 0 bridgehead atoms. The second kappa shape index (κ2) is 9.57. The summed E-state index contributed by atoms with van der Waals surface area (Å²) in [7, 11) is -3.86. The predicted octanol–water partition coefficient (Wildman–Crippen LogP) is 3.56. The van der Waals surface area contributed by atoms with Crippen molar-refractivity contribution in [2.24, 2.45) is 14.2 Å². The van der Waals surface area contributed by atoms with Gasteiger partial charge in [-0.05, 0) is 24.5 Å². The standard InChI is InChI=1S/C20H29N5O5S3/c1-7-25(8-2)33(28,29)19-15(26)14(12(3)31-19)21-17-18(24-32(27)23-17)22-16(20(4,5)6)13-10-9-11-30-13/h9-11,16,26H,7-8H2,1-6H3,(H,21,23)(H,22,24)/t16-,32?/m0/s1. The number of thiophene rings is 1. The third-order valence-corrected chi connectivity index (χ3v) is 9.40. The van der Waals surface area contributed by atoms with Gasteiger partial charge in [0.1, 0.15) is 5.76 Å². The number of hydrogen-bond acceptors (Lipinski definition) is 8. The van der Waals surface area contributed by atoms with Gasteiger partial charge < -0.3 is 20.2 Å². The number of anilines is 1. The van der Waals surface area contributed by atoms with Gasteiger partial charge in [-0.15, -0.1) is 20.1 Å². The molecule has 0 aliphatic carbocycles. The molecule has 0 saturated carbocycles. The summed E-state index contributed by atoms with van der Waals surface area (Å²) in [5, 5.41) is 17.0. The second-order valence-electron chi connectivity index (χ2n) is 8.45. The number of aryl methyl sites for hydroxylation is 1. The molecule has 3 N–H and O–H groups in total. The first-order chi connectivity index (χ1) is 15.4. The first-order valence-corrected chi connectivity index (χ1v) is 13.7. The van der Waals surface area contributed by atoms with Crippen LogP contribution in [0.25, 0.3) is 0 Å². The molecule has 3 heterocycles. The fraction of sp³-hybridized carbons (Fsp3) is 0.500. The number of hydrogen-bond donors (Lipinski definition) is 3. The first kappa shape index (κ1) is 25.4. The molecule has 2 aromatic rings. The Labute approximate surface area is 200 Å². The van der Waals surface area contributed by atoms with Crippen LogP contribution in [0.5, 0.6) is 5.75 Å². The van der Waals surface area contributed by atoms with Crippen LogP contribution in [0.4, 0.5) is 5.69 Å². The van der Waals surface area contributed by atoms with Gasteiger partial charge in [-0.3, -0.25) is 0 Å². The molecule has 13 heteroatoms. The molecule has 0 aromatic carbocycles. The van der Waals surface area contributed by atoms with E-state index in [1.807, 2.05) is 26.8 Å². The zero-order chi connectivity index (χ0) is 24.6. The number of sulfonamides is 1. The molecule has 1 aliphatic heterocycles. The van der Waals surface area contributed by atoms with Crippen molar-refractivity contribution >= 4 is 49.9 Å². The molecular weight excluding hydrogens is 486 g/mol. The van der Waals surface area contributed by atoms with Crippen LogP contribution in [0.1, 0.15) is 51.3 Å². The lowest BCUT2D eigenvalue weighted by molar-refractivity contribution is 0.264. The summed E-state index contributed by atoms with van der Waals surface area (Å²) in [4.78, 5) is 0.538. The molecule has 1 unspecified atom stereocenters. The lowest BCUT2D eigenvalue weighted by Crippen LogP contribution is -2.41. The van der Waals surface area contributed by atoms with Crippen molar-refractivity contribution in [3.8, 4) is 5.75 Å². The number of nitrogens with one attached hydrogen (secondary N) is 2. The maximum Gasteiger partial charge on any atom is 0.269 e. The van der Waals surface area contributed by atoms with Gasteiger partial charge in [0.2, 0.25) is 0 Å². The highest BCUT2D eigenvalue weighted by Crippen LogP contribution is 2.43. The fourth-order valence-electron chi connectivity index (χ4n) is 3.37. The fourth-order valence-corrected chi connectivity index (χ4v) is 7.10. The minimum absolute atomic E-state index is 0.136. The Morgan fingerprint density at radius 1 is 1.24 bits per heavy atom. The van der Waals surface area contributed by atoms with E-state index in [0.717, 1.165) is 11.3 Å². The third-order valence-electron chi connectivity index (χ3n) is 5.09. The predicted molar refractivity (Wildman–Crippen MR) is 132 cm³/mol. The number of amidine groups is 2. The van der Waals surface area contributed by atoms with E-state index >= 15 is 0 Å². The van der Waals surface area contributed by atoms with Gasteiger partial charge in [-0.2, -0.15) is 4.31 Å². The summed E-state index contributed by atoms with van der Waals surface area (Å²) >= 11 is -0.904. The lowest BCUT2D eigenvalue weighted by Gasteiger charge is -2.30. The molecule has 0 spiro atoms. The lowest BCUT2D eigenvalue weighted by atomic mass is 9.85. The van der Waals surface area contributed by atoms with Crippen LogP contribution < -0.4 is 10.6 Å². The Kier molecular flexibility index (Phi) is 7.36. The molecule has 2 aromatic heterocycles. The van der Waals surface area contributed by atoms with Crippen LogP contribution in [0, 0.1) is 12.3 Å². The van der Waals surface area contributed by atoms with E-state index < -0.39 is 26.9 Å². The van der Waals surface area contributed by atoms with Gasteiger partial charge in [0.15, 0.2) is 21.6 Å². The van der Waals surface area contributed by atoms with Crippen LogP contribution in [0.2, 0.25) is 0 Å². The molecule has 0 fully saturated rings. The minimum Gasteiger partial charge on any atom is -0.504 e. The zero-order valence-electron chi connectivity index (χ0n) is 19.4. The summed E-state index contributed by atoms with van der Waals surface area (Å²) < 4.78 is 52.8. The topological polar surface area (TPSA) is 137 Å². The van der Waals surface area contributed by atoms with Crippen molar-refractivity contribution in [2.45, 2.75) is 51.8 Å². The van der Waals surface area contributed by atoms with Crippen LogP contribution in [-0.2, 0) is 21.2 Å². The quantitative estimate of drug-likeness (QED) is 0.513. The van der Waals surface area contributed by atoms with Crippen LogP contribution in [-0.4, -0.2) is 46.8 Å². The highest BCUT2D eigenvalue weighted by Gasteiger charge is 2.34. The molecule has 10 nitrogen and oxygen atoms in total. The SMILES string of the molecule is CCN(CC)S(=O)(=O)c1sc(C)c(NC2=NS(=O)N=C2N[C@@H](c2ccco2)C(C)(C)C)c1O. The summed E-state index contributed by atoms with van der Waals surface area (Å²) in [5.41, 5.74) is -0.107. The van der Waals surface area contributed by atoms with Gasteiger partial charge in [0, 0.05) is 18.0 Å². The normalized spacial score (nSPS) is 17.7. The van der Waals surface area contributed by atoms with Crippen molar-refractivity contribution < 1.29 is 22.2 Å². The number of nitrogens with zero attached hydrogens (tertiary/aromatic N) is 3. The highest BCUT2D eigenvalue weighted by atomic mass is 32.2. The first-order valence-electron chi connectivity index (χ1n) is 10.4. The number of rotatable bonds is 7. The maximum atomic E-state index is 12.9. The van der Waals surface area contributed by atoms with Crippen molar-refractivity contribution in [1.29, 1.82) is 0 Å².